The number of likely N-dealkylation sites (tertiary alicyclic amines) is 1. The van der Waals surface area contributed by atoms with Gasteiger partial charge in [0.15, 0.2) is 0 Å². The Morgan fingerprint density at radius 3 is 2.93 bits per heavy atom. The van der Waals surface area contributed by atoms with E-state index in [1.165, 1.54) is 32.2 Å². The standard InChI is InChI=1S/C12H26N2O/c1-3-12(15)10-13-8-7-11-6-4-5-9-14(11)2/h11-13,15H,3-10H2,1-2H3. The molecular formula is C12H26N2O. The maximum atomic E-state index is 9.37. The van der Waals surface area contributed by atoms with Gasteiger partial charge in [-0.05, 0) is 45.8 Å². The Labute approximate surface area is 93.9 Å². The van der Waals surface area contributed by atoms with Gasteiger partial charge in [0.2, 0.25) is 0 Å². The Kier molecular flexibility index (Phi) is 6.22. The number of aliphatic hydroxyl groups is 1. The summed E-state index contributed by atoms with van der Waals surface area (Å²) in [6, 6.07) is 0.755. The van der Waals surface area contributed by atoms with E-state index >= 15 is 0 Å². The smallest absolute Gasteiger partial charge is 0.0662 e. The average molecular weight is 214 g/mol. The lowest BCUT2D eigenvalue weighted by atomic mass is 10.0. The SMILES string of the molecule is CCC(O)CNCCC1CCCCN1C. The number of nitrogens with zero attached hydrogens (tertiary/aromatic N) is 1. The average Bonchev–Trinajstić information content (AvgIpc) is 2.26. The molecule has 0 saturated carbocycles. The number of hydrogen-bond acceptors (Lipinski definition) is 3. The van der Waals surface area contributed by atoms with E-state index in [-0.39, 0.29) is 6.10 Å². The third-order valence-corrected chi connectivity index (χ3v) is 3.43. The van der Waals surface area contributed by atoms with E-state index in [9.17, 15) is 5.11 Å². The fraction of sp³-hybridized carbons (Fsp3) is 1.00. The summed E-state index contributed by atoms with van der Waals surface area (Å²) in [5.74, 6) is 0. The van der Waals surface area contributed by atoms with Crippen LogP contribution in [0, 0.1) is 0 Å². The van der Waals surface area contributed by atoms with E-state index in [0.717, 1.165) is 25.6 Å². The molecule has 3 heteroatoms. The molecule has 3 nitrogen and oxygen atoms in total. The van der Waals surface area contributed by atoms with E-state index in [1.54, 1.807) is 0 Å². The molecule has 1 aliphatic rings. The maximum Gasteiger partial charge on any atom is 0.0662 e. The topological polar surface area (TPSA) is 35.5 Å². The second kappa shape index (κ2) is 7.20. The second-order valence-corrected chi connectivity index (χ2v) is 4.69. The van der Waals surface area contributed by atoms with Gasteiger partial charge in [0.1, 0.15) is 0 Å². The summed E-state index contributed by atoms with van der Waals surface area (Å²) in [5, 5.41) is 12.7. The molecule has 0 spiro atoms. The largest absolute Gasteiger partial charge is 0.392 e. The first-order valence-corrected chi connectivity index (χ1v) is 6.33. The van der Waals surface area contributed by atoms with Gasteiger partial charge in [-0.25, -0.2) is 0 Å². The number of nitrogens with one attached hydrogen (secondary N) is 1. The number of hydrogen-bond donors (Lipinski definition) is 2. The van der Waals surface area contributed by atoms with Gasteiger partial charge >= 0.3 is 0 Å². The molecule has 90 valence electrons. The third-order valence-electron chi connectivity index (χ3n) is 3.43. The summed E-state index contributed by atoms with van der Waals surface area (Å²) in [7, 11) is 2.23. The van der Waals surface area contributed by atoms with Gasteiger partial charge in [-0.15, -0.1) is 0 Å². The lowest BCUT2D eigenvalue weighted by Gasteiger charge is -2.32. The van der Waals surface area contributed by atoms with Gasteiger partial charge in [-0.3, -0.25) is 0 Å². The minimum absolute atomic E-state index is 0.172. The van der Waals surface area contributed by atoms with Gasteiger partial charge in [0.25, 0.3) is 0 Å². The maximum absolute atomic E-state index is 9.37. The van der Waals surface area contributed by atoms with Crippen LogP contribution < -0.4 is 5.32 Å². The lowest BCUT2D eigenvalue weighted by Crippen LogP contribution is -2.39. The van der Waals surface area contributed by atoms with Crippen molar-refractivity contribution in [1.29, 1.82) is 0 Å². The van der Waals surface area contributed by atoms with Gasteiger partial charge in [-0.1, -0.05) is 13.3 Å². The van der Waals surface area contributed by atoms with Gasteiger partial charge in [-0.2, -0.15) is 0 Å². The van der Waals surface area contributed by atoms with E-state index in [4.69, 9.17) is 0 Å². The summed E-state index contributed by atoms with van der Waals surface area (Å²) in [6.07, 6.45) is 5.97. The van der Waals surface area contributed by atoms with Crippen molar-refractivity contribution in [3.05, 3.63) is 0 Å². The minimum atomic E-state index is -0.172. The summed E-state index contributed by atoms with van der Waals surface area (Å²) in [4.78, 5) is 2.47. The zero-order valence-corrected chi connectivity index (χ0v) is 10.2. The molecule has 0 aromatic rings. The molecule has 0 aromatic carbocycles. The normalized spacial score (nSPS) is 25.4. The summed E-state index contributed by atoms with van der Waals surface area (Å²) in [5.41, 5.74) is 0. The van der Waals surface area contributed by atoms with Crippen molar-refractivity contribution in [3.63, 3.8) is 0 Å². The predicted octanol–water partition coefficient (Wildman–Crippen LogP) is 1.22. The first-order valence-electron chi connectivity index (χ1n) is 6.33. The highest BCUT2D eigenvalue weighted by atomic mass is 16.3. The van der Waals surface area contributed by atoms with E-state index in [2.05, 4.69) is 17.3 Å². The molecule has 2 unspecified atom stereocenters. The van der Waals surface area contributed by atoms with Crippen molar-refractivity contribution >= 4 is 0 Å². The number of piperidine rings is 1. The molecule has 15 heavy (non-hydrogen) atoms. The Morgan fingerprint density at radius 2 is 2.27 bits per heavy atom. The minimum Gasteiger partial charge on any atom is -0.392 e. The highest BCUT2D eigenvalue weighted by Crippen LogP contribution is 2.16. The number of aliphatic hydroxyl groups excluding tert-OH is 1. The van der Waals surface area contributed by atoms with Crippen molar-refractivity contribution in [2.75, 3.05) is 26.7 Å². The zero-order valence-electron chi connectivity index (χ0n) is 10.2. The number of rotatable bonds is 6. The first kappa shape index (κ1) is 12.9. The molecule has 0 aliphatic carbocycles. The summed E-state index contributed by atoms with van der Waals surface area (Å²) < 4.78 is 0. The molecule has 1 saturated heterocycles. The second-order valence-electron chi connectivity index (χ2n) is 4.69. The molecule has 1 rings (SSSR count). The fourth-order valence-electron chi connectivity index (χ4n) is 2.19. The van der Waals surface area contributed by atoms with Crippen LogP contribution >= 0.6 is 0 Å². The molecule has 1 aliphatic heterocycles. The summed E-state index contributed by atoms with van der Waals surface area (Å²) in [6.45, 7) is 5.04. The first-order chi connectivity index (χ1) is 7.24. The van der Waals surface area contributed by atoms with Crippen molar-refractivity contribution in [2.45, 2.75) is 51.2 Å². The van der Waals surface area contributed by atoms with Crippen molar-refractivity contribution in [2.24, 2.45) is 0 Å². The van der Waals surface area contributed by atoms with Crippen molar-refractivity contribution in [1.82, 2.24) is 10.2 Å². The van der Waals surface area contributed by atoms with E-state index < -0.39 is 0 Å². The van der Waals surface area contributed by atoms with Crippen LogP contribution in [0.3, 0.4) is 0 Å². The molecule has 1 fully saturated rings. The van der Waals surface area contributed by atoms with Crippen LogP contribution in [0.2, 0.25) is 0 Å². The van der Waals surface area contributed by atoms with Crippen LogP contribution in [0.15, 0.2) is 0 Å². The van der Waals surface area contributed by atoms with E-state index in [1.807, 2.05) is 6.92 Å². The Morgan fingerprint density at radius 1 is 1.47 bits per heavy atom. The fourth-order valence-corrected chi connectivity index (χ4v) is 2.19. The van der Waals surface area contributed by atoms with Crippen LogP contribution in [0.25, 0.3) is 0 Å². The predicted molar refractivity (Wildman–Crippen MR) is 64.1 cm³/mol. The molecule has 2 atom stereocenters. The van der Waals surface area contributed by atoms with Gasteiger partial charge in [0.05, 0.1) is 6.10 Å². The Hall–Kier alpha value is -0.120. The van der Waals surface area contributed by atoms with Crippen LogP contribution in [0.5, 0.6) is 0 Å². The molecule has 0 radical (unpaired) electrons. The van der Waals surface area contributed by atoms with Crippen molar-refractivity contribution < 1.29 is 5.11 Å². The van der Waals surface area contributed by atoms with E-state index in [0.29, 0.717) is 0 Å². The van der Waals surface area contributed by atoms with Crippen LogP contribution in [0.4, 0.5) is 0 Å². The van der Waals surface area contributed by atoms with Gasteiger partial charge in [0, 0.05) is 12.6 Å². The molecule has 0 bridgehead atoms. The van der Waals surface area contributed by atoms with Crippen LogP contribution in [-0.4, -0.2) is 48.8 Å². The quantitative estimate of drug-likeness (QED) is 0.653. The van der Waals surface area contributed by atoms with Gasteiger partial charge < -0.3 is 15.3 Å². The molecular weight excluding hydrogens is 188 g/mol. The molecule has 1 heterocycles. The van der Waals surface area contributed by atoms with Crippen LogP contribution in [-0.2, 0) is 0 Å². The molecule has 0 amide bonds. The molecule has 0 aromatic heterocycles. The molecule has 2 N–H and O–H groups in total. The third kappa shape index (κ3) is 4.96. The van der Waals surface area contributed by atoms with Crippen molar-refractivity contribution in [3.8, 4) is 0 Å². The zero-order chi connectivity index (χ0) is 11.1. The monoisotopic (exact) mass is 214 g/mol. The Balaban J connectivity index is 2.03. The highest BCUT2D eigenvalue weighted by molar-refractivity contribution is 4.75. The highest BCUT2D eigenvalue weighted by Gasteiger charge is 2.17. The summed E-state index contributed by atoms with van der Waals surface area (Å²) >= 11 is 0. The Bertz CT molecular complexity index is 164. The van der Waals surface area contributed by atoms with Crippen LogP contribution in [0.1, 0.15) is 39.0 Å². The lowest BCUT2D eigenvalue weighted by molar-refractivity contribution is 0.157.